The van der Waals surface area contributed by atoms with Crippen LogP contribution in [-0.2, 0) is 14.3 Å². The molecule has 0 aromatic carbocycles. The summed E-state index contributed by atoms with van der Waals surface area (Å²) >= 11 is 0. The van der Waals surface area contributed by atoms with Crippen LogP contribution in [0.1, 0.15) is 329 Å². The molecule has 65 heavy (non-hydrogen) atoms. The van der Waals surface area contributed by atoms with Gasteiger partial charge in [0, 0.05) is 6.42 Å². The van der Waals surface area contributed by atoms with Gasteiger partial charge in [-0.1, -0.05) is 283 Å². The van der Waals surface area contributed by atoms with Gasteiger partial charge in [-0.15, -0.1) is 0 Å². The van der Waals surface area contributed by atoms with E-state index in [1.54, 1.807) is 0 Å². The number of carbonyl (C=O) groups is 2. The van der Waals surface area contributed by atoms with E-state index >= 15 is 0 Å². The van der Waals surface area contributed by atoms with E-state index in [4.69, 9.17) is 4.74 Å². The lowest BCUT2D eigenvalue weighted by atomic mass is 10.0. The predicted octanol–water partition coefficient (Wildman–Crippen LogP) is 18.1. The molecule has 0 aliphatic heterocycles. The molecule has 1 amide bonds. The molecule has 0 radical (unpaired) electrons. The van der Waals surface area contributed by atoms with Crippen LogP contribution in [0.2, 0.25) is 0 Å². The number of allylic oxidation sites excluding steroid dienone is 2. The Kier molecular flexibility index (Phi) is 52.4. The molecule has 0 heterocycles. The van der Waals surface area contributed by atoms with Crippen LogP contribution in [0.5, 0.6) is 0 Å². The fourth-order valence-electron chi connectivity index (χ4n) is 9.38. The minimum atomic E-state index is -0.789. The number of nitrogens with one attached hydrogen (secondary N) is 1. The molecule has 0 spiro atoms. The van der Waals surface area contributed by atoms with Gasteiger partial charge in [0.25, 0.3) is 0 Å². The van der Waals surface area contributed by atoms with Crippen LogP contribution in [-0.4, -0.2) is 46.9 Å². The molecule has 0 saturated carbocycles. The summed E-state index contributed by atoms with van der Waals surface area (Å²) in [5, 5.41) is 23.9. The van der Waals surface area contributed by atoms with E-state index in [0.29, 0.717) is 19.3 Å². The molecule has 3 atom stereocenters. The summed E-state index contributed by atoms with van der Waals surface area (Å²) in [6, 6.07) is -0.704. The topological polar surface area (TPSA) is 95.9 Å². The van der Waals surface area contributed by atoms with Gasteiger partial charge in [-0.2, -0.15) is 0 Å². The predicted molar refractivity (Wildman–Crippen MR) is 283 cm³/mol. The summed E-state index contributed by atoms with van der Waals surface area (Å²) in [6.45, 7) is 6.52. The molecule has 3 N–H and O–H groups in total. The quantitative estimate of drug-likeness (QED) is 0.0321. The van der Waals surface area contributed by atoms with Gasteiger partial charge in [0.15, 0.2) is 0 Å². The number of esters is 1. The van der Waals surface area contributed by atoms with Crippen molar-refractivity contribution in [2.45, 2.75) is 347 Å². The monoisotopic (exact) mass is 918 g/mol. The van der Waals surface area contributed by atoms with Gasteiger partial charge < -0.3 is 20.3 Å². The highest BCUT2D eigenvalue weighted by atomic mass is 16.5. The molecule has 0 aliphatic carbocycles. The Morgan fingerprint density at radius 3 is 1.12 bits per heavy atom. The van der Waals surface area contributed by atoms with Gasteiger partial charge in [-0.25, -0.2) is 0 Å². The highest BCUT2D eigenvalue weighted by molar-refractivity contribution is 5.77. The van der Waals surface area contributed by atoms with Gasteiger partial charge in [-0.3, -0.25) is 9.59 Å². The average Bonchev–Trinajstić information content (AvgIpc) is 3.30. The van der Waals surface area contributed by atoms with Crippen LogP contribution >= 0.6 is 0 Å². The van der Waals surface area contributed by atoms with Crippen molar-refractivity contribution in [3.05, 3.63) is 12.2 Å². The SMILES string of the molecule is CCCCCCCCC/C=C\CCCC(CC(=O)NC(CO)C(O)CCCCCCCCCCCCCCCCCCC)OC(=O)CCCCCCCCCCCCCCCCCCC. The number of rotatable bonds is 54. The summed E-state index contributed by atoms with van der Waals surface area (Å²) in [5.41, 5.74) is 0. The van der Waals surface area contributed by atoms with E-state index in [-0.39, 0.29) is 24.9 Å². The number of unbranched alkanes of at least 4 members (excludes halogenated alkanes) is 40. The molecule has 0 bridgehead atoms. The van der Waals surface area contributed by atoms with Crippen molar-refractivity contribution in [1.82, 2.24) is 5.32 Å². The largest absolute Gasteiger partial charge is 0.462 e. The molecule has 386 valence electrons. The van der Waals surface area contributed by atoms with Crippen molar-refractivity contribution >= 4 is 11.9 Å². The zero-order valence-corrected chi connectivity index (χ0v) is 44.2. The van der Waals surface area contributed by atoms with Gasteiger partial charge in [0.05, 0.1) is 25.2 Å². The molecular weight excluding hydrogens is 803 g/mol. The first-order chi connectivity index (χ1) is 32.0. The zero-order valence-electron chi connectivity index (χ0n) is 44.2. The molecule has 0 aliphatic rings. The molecule has 0 saturated heterocycles. The normalized spacial score (nSPS) is 13.1. The first-order valence-electron chi connectivity index (χ1n) is 29.4. The second-order valence-corrected chi connectivity index (χ2v) is 20.4. The lowest BCUT2D eigenvalue weighted by Crippen LogP contribution is -2.46. The lowest BCUT2D eigenvalue weighted by molar-refractivity contribution is -0.151. The highest BCUT2D eigenvalue weighted by Crippen LogP contribution is 2.19. The highest BCUT2D eigenvalue weighted by Gasteiger charge is 2.24. The molecule has 0 rings (SSSR count). The number of amides is 1. The van der Waals surface area contributed by atoms with E-state index in [1.165, 1.54) is 231 Å². The summed E-state index contributed by atoms with van der Waals surface area (Å²) < 4.78 is 5.94. The first kappa shape index (κ1) is 63.6. The minimum absolute atomic E-state index is 0.0644. The molecule has 0 fully saturated rings. The van der Waals surface area contributed by atoms with Crippen LogP contribution in [0.3, 0.4) is 0 Å². The number of aliphatic hydroxyl groups is 2. The van der Waals surface area contributed by atoms with Crippen LogP contribution in [0.25, 0.3) is 0 Å². The van der Waals surface area contributed by atoms with Crippen molar-refractivity contribution in [1.29, 1.82) is 0 Å². The Morgan fingerprint density at radius 2 is 0.754 bits per heavy atom. The summed E-state index contributed by atoms with van der Waals surface area (Å²) in [7, 11) is 0. The zero-order chi connectivity index (χ0) is 47.4. The van der Waals surface area contributed by atoms with Crippen molar-refractivity contribution < 1.29 is 24.5 Å². The summed E-state index contributed by atoms with van der Waals surface area (Å²) in [4.78, 5) is 26.2. The van der Waals surface area contributed by atoms with Crippen LogP contribution in [0.4, 0.5) is 0 Å². The third kappa shape index (κ3) is 48.9. The van der Waals surface area contributed by atoms with E-state index < -0.39 is 18.2 Å². The van der Waals surface area contributed by atoms with Gasteiger partial charge in [-0.05, 0) is 44.9 Å². The first-order valence-corrected chi connectivity index (χ1v) is 29.4. The molecular formula is C59H115NO5. The minimum Gasteiger partial charge on any atom is -0.462 e. The Morgan fingerprint density at radius 1 is 0.431 bits per heavy atom. The number of hydrogen-bond acceptors (Lipinski definition) is 5. The standard InChI is InChI=1S/C59H115NO5/c1-4-7-10-13-16-19-22-25-27-29-31-33-36-39-42-45-48-51-57(62)56(54-61)60-58(63)53-55(50-47-44-41-38-35-24-21-18-15-12-9-6-3)65-59(64)52-49-46-43-40-37-34-32-30-28-26-23-20-17-14-11-8-5-2/h38,41,55-57,61-62H,4-37,39-40,42-54H2,1-3H3,(H,60,63)/b41-38-. The van der Waals surface area contributed by atoms with Crippen LogP contribution < -0.4 is 5.32 Å². The van der Waals surface area contributed by atoms with Crippen molar-refractivity contribution in [2.75, 3.05) is 6.61 Å². The average molecular weight is 919 g/mol. The lowest BCUT2D eigenvalue weighted by Gasteiger charge is -2.24. The Bertz CT molecular complexity index is 986. The molecule has 6 nitrogen and oxygen atoms in total. The maximum Gasteiger partial charge on any atom is 0.306 e. The smallest absolute Gasteiger partial charge is 0.306 e. The Labute approximate surface area is 406 Å². The second kappa shape index (κ2) is 53.6. The van der Waals surface area contributed by atoms with Crippen LogP contribution in [0.15, 0.2) is 12.2 Å². The third-order valence-electron chi connectivity index (χ3n) is 13.8. The van der Waals surface area contributed by atoms with E-state index in [2.05, 4.69) is 38.2 Å². The fourth-order valence-corrected chi connectivity index (χ4v) is 9.38. The van der Waals surface area contributed by atoms with Crippen molar-refractivity contribution in [2.24, 2.45) is 0 Å². The molecule has 0 aromatic heterocycles. The number of aliphatic hydroxyl groups excluding tert-OH is 2. The van der Waals surface area contributed by atoms with E-state index in [1.807, 2.05) is 0 Å². The maximum atomic E-state index is 13.2. The van der Waals surface area contributed by atoms with Crippen molar-refractivity contribution in [3.63, 3.8) is 0 Å². The fraction of sp³-hybridized carbons (Fsp3) is 0.932. The van der Waals surface area contributed by atoms with Crippen molar-refractivity contribution in [3.8, 4) is 0 Å². The van der Waals surface area contributed by atoms with Gasteiger partial charge in [0.2, 0.25) is 5.91 Å². The van der Waals surface area contributed by atoms with Gasteiger partial charge in [0.1, 0.15) is 6.10 Å². The maximum absolute atomic E-state index is 13.2. The Hall–Kier alpha value is -1.40. The van der Waals surface area contributed by atoms with E-state index in [9.17, 15) is 19.8 Å². The summed E-state index contributed by atoms with van der Waals surface area (Å²) in [6.07, 6.45) is 61.4. The molecule has 3 unspecified atom stereocenters. The second-order valence-electron chi connectivity index (χ2n) is 20.4. The number of ether oxygens (including phenoxy) is 1. The van der Waals surface area contributed by atoms with E-state index in [0.717, 1.165) is 51.4 Å². The molecule has 0 aromatic rings. The molecule has 6 heteroatoms. The Balaban J connectivity index is 4.45. The number of carbonyl (C=O) groups excluding carboxylic acids is 2. The number of hydrogen-bond donors (Lipinski definition) is 3. The van der Waals surface area contributed by atoms with Gasteiger partial charge >= 0.3 is 5.97 Å². The third-order valence-corrected chi connectivity index (χ3v) is 13.8. The summed E-state index contributed by atoms with van der Waals surface area (Å²) in [5.74, 6) is -0.480. The van der Waals surface area contributed by atoms with Crippen LogP contribution in [0, 0.1) is 0 Å².